The normalized spacial score (nSPS) is 30.9. The van der Waals surface area contributed by atoms with Crippen LogP contribution in [0.1, 0.15) is 6.42 Å². The highest BCUT2D eigenvalue weighted by atomic mass is 15.4. The summed E-state index contributed by atoms with van der Waals surface area (Å²) in [7, 11) is 0. The molecule has 54 valence electrons. The van der Waals surface area contributed by atoms with Gasteiger partial charge in [-0.15, -0.1) is 10.2 Å². The minimum atomic E-state index is 0.823. The van der Waals surface area contributed by atoms with E-state index in [0.29, 0.717) is 0 Å². The van der Waals surface area contributed by atoms with Crippen LogP contribution in [-0.4, -0.2) is 5.71 Å². The molecule has 1 aliphatic carbocycles. The van der Waals surface area contributed by atoms with Gasteiger partial charge in [0.2, 0.25) is 0 Å². The molecule has 3 nitrogen and oxygen atoms in total. The summed E-state index contributed by atoms with van der Waals surface area (Å²) >= 11 is 0. The van der Waals surface area contributed by atoms with Gasteiger partial charge in [-0.25, -0.2) is 0 Å². The van der Waals surface area contributed by atoms with E-state index in [1.165, 1.54) is 0 Å². The van der Waals surface area contributed by atoms with Gasteiger partial charge in [-0.05, 0) is 11.3 Å². The average molecular weight is 145 g/mol. The molecule has 3 heteroatoms. The third-order valence-corrected chi connectivity index (χ3v) is 1.54. The van der Waals surface area contributed by atoms with Crippen LogP contribution in [0.15, 0.2) is 51.5 Å². The van der Waals surface area contributed by atoms with Crippen LogP contribution in [0.4, 0.5) is 0 Å². The van der Waals surface area contributed by atoms with Crippen molar-refractivity contribution in [1.29, 1.82) is 0 Å². The number of hydrogen-bond acceptors (Lipinski definition) is 3. The molecule has 1 heterocycles. The van der Waals surface area contributed by atoms with Gasteiger partial charge in [-0.2, -0.15) is 0 Å². The van der Waals surface area contributed by atoms with Crippen molar-refractivity contribution < 1.29 is 0 Å². The van der Waals surface area contributed by atoms with Crippen molar-refractivity contribution in [1.82, 2.24) is 0 Å². The summed E-state index contributed by atoms with van der Waals surface area (Å²) in [4.78, 5) is 0. The molecule has 0 aromatic carbocycles. The van der Waals surface area contributed by atoms with Gasteiger partial charge in [-0.1, -0.05) is 24.3 Å². The van der Waals surface area contributed by atoms with E-state index in [0.717, 1.165) is 17.8 Å². The Kier molecular flexibility index (Phi) is 1.48. The highest BCUT2D eigenvalue weighted by Gasteiger charge is 2.09. The third-order valence-electron chi connectivity index (χ3n) is 1.54. The second kappa shape index (κ2) is 2.62. The zero-order valence-electron chi connectivity index (χ0n) is 5.94. The first kappa shape index (κ1) is 6.22. The fourth-order valence-corrected chi connectivity index (χ4v) is 0.977. The van der Waals surface area contributed by atoms with E-state index in [1.807, 2.05) is 30.4 Å². The fourth-order valence-electron chi connectivity index (χ4n) is 0.977. The summed E-state index contributed by atoms with van der Waals surface area (Å²) < 4.78 is 0. The lowest BCUT2D eigenvalue weighted by atomic mass is 10.1. The quantitative estimate of drug-likeness (QED) is 0.501. The molecular weight excluding hydrogens is 138 g/mol. The lowest BCUT2D eigenvalue weighted by Crippen LogP contribution is -1.95. The van der Waals surface area contributed by atoms with Crippen LogP contribution in [0, 0.1) is 0 Å². The molecule has 0 bridgehead atoms. The molecule has 0 N–H and O–H groups in total. The van der Waals surface area contributed by atoms with Gasteiger partial charge in [0.15, 0.2) is 0 Å². The monoisotopic (exact) mass is 145 g/mol. The van der Waals surface area contributed by atoms with Crippen molar-refractivity contribution in [3.05, 3.63) is 36.1 Å². The minimum Gasteiger partial charge on any atom is -0.133 e. The van der Waals surface area contributed by atoms with Crippen LogP contribution in [0.5, 0.6) is 0 Å². The molecule has 2 aliphatic rings. The number of rotatable bonds is 0. The Morgan fingerprint density at radius 3 is 3.18 bits per heavy atom. The largest absolute Gasteiger partial charge is 0.133 e. The Hall–Kier alpha value is -1.51. The first-order chi connectivity index (χ1) is 5.47. The number of allylic oxidation sites excluding steroid dienone is 6. The molecule has 0 spiro atoms. The smallest absolute Gasteiger partial charge is 0.111 e. The molecule has 0 amide bonds. The van der Waals surface area contributed by atoms with Gasteiger partial charge in [0.1, 0.15) is 5.70 Å². The van der Waals surface area contributed by atoms with E-state index in [-0.39, 0.29) is 0 Å². The Bertz CT molecular complexity index is 305. The summed E-state index contributed by atoms with van der Waals surface area (Å²) in [6.07, 6.45) is 10.7. The lowest BCUT2D eigenvalue weighted by Gasteiger charge is -1.94. The molecule has 0 atom stereocenters. The van der Waals surface area contributed by atoms with Crippen LogP contribution in [0.25, 0.3) is 0 Å². The molecule has 0 unspecified atom stereocenters. The molecule has 2 rings (SSSR count). The van der Waals surface area contributed by atoms with Crippen LogP contribution in [0.2, 0.25) is 0 Å². The van der Waals surface area contributed by atoms with Gasteiger partial charge >= 0.3 is 0 Å². The summed E-state index contributed by atoms with van der Waals surface area (Å²) in [5.41, 5.74) is 1.83. The molecule has 0 radical (unpaired) electrons. The molecule has 0 saturated carbocycles. The van der Waals surface area contributed by atoms with E-state index in [4.69, 9.17) is 0 Å². The van der Waals surface area contributed by atoms with Gasteiger partial charge in [0.25, 0.3) is 0 Å². The Balaban J connectivity index is 2.38. The highest BCUT2D eigenvalue weighted by Crippen LogP contribution is 2.14. The van der Waals surface area contributed by atoms with Crippen LogP contribution < -0.4 is 0 Å². The lowest BCUT2D eigenvalue weighted by molar-refractivity contribution is 1.09. The van der Waals surface area contributed by atoms with Gasteiger partial charge in [-0.3, -0.25) is 0 Å². The topological polar surface area (TPSA) is 37.1 Å². The second-order valence-electron chi connectivity index (χ2n) is 2.31. The average Bonchev–Trinajstić information content (AvgIpc) is 2.35. The van der Waals surface area contributed by atoms with Crippen molar-refractivity contribution in [3.63, 3.8) is 0 Å². The standard InChI is InChI=1S/C8H7N3/c1-2-4-6-8-7(5-3-1)9-11-10-8/h1-5H,6H2/b3-1-,4-2-,7-5+. The molecular formula is C8H7N3. The molecule has 1 aliphatic heterocycles. The summed E-state index contributed by atoms with van der Waals surface area (Å²) in [6, 6.07) is 0. The maximum atomic E-state index is 3.88. The Morgan fingerprint density at radius 2 is 2.18 bits per heavy atom. The van der Waals surface area contributed by atoms with Crippen molar-refractivity contribution >= 4 is 5.71 Å². The van der Waals surface area contributed by atoms with Crippen LogP contribution in [0.3, 0.4) is 0 Å². The number of hydrogen-bond donors (Lipinski definition) is 0. The Labute approximate surface area is 64.5 Å². The Morgan fingerprint density at radius 1 is 1.18 bits per heavy atom. The first-order valence-corrected chi connectivity index (χ1v) is 3.48. The van der Waals surface area contributed by atoms with Gasteiger partial charge in [0.05, 0.1) is 5.71 Å². The van der Waals surface area contributed by atoms with Crippen molar-refractivity contribution in [2.45, 2.75) is 6.42 Å². The summed E-state index contributed by atoms with van der Waals surface area (Å²) in [5, 5.41) is 11.3. The maximum absolute atomic E-state index is 3.88. The third kappa shape index (κ3) is 1.17. The molecule has 11 heavy (non-hydrogen) atoms. The van der Waals surface area contributed by atoms with E-state index in [2.05, 4.69) is 15.4 Å². The molecule has 0 aromatic rings. The second-order valence-corrected chi connectivity index (χ2v) is 2.31. The predicted octanol–water partition coefficient (Wildman–Crippen LogP) is 2.21. The van der Waals surface area contributed by atoms with Crippen LogP contribution in [-0.2, 0) is 0 Å². The maximum Gasteiger partial charge on any atom is 0.111 e. The van der Waals surface area contributed by atoms with Gasteiger partial charge < -0.3 is 0 Å². The predicted molar refractivity (Wildman–Crippen MR) is 43.3 cm³/mol. The summed E-state index contributed by atoms with van der Waals surface area (Å²) in [5.74, 6) is 0. The minimum absolute atomic E-state index is 0.823. The van der Waals surface area contributed by atoms with E-state index in [1.54, 1.807) is 0 Å². The summed E-state index contributed by atoms with van der Waals surface area (Å²) in [6.45, 7) is 0. The van der Waals surface area contributed by atoms with E-state index >= 15 is 0 Å². The highest BCUT2D eigenvalue weighted by molar-refractivity contribution is 6.01. The van der Waals surface area contributed by atoms with E-state index in [9.17, 15) is 0 Å². The van der Waals surface area contributed by atoms with Crippen LogP contribution >= 0.6 is 0 Å². The molecule has 0 aromatic heterocycles. The molecule has 0 fully saturated rings. The van der Waals surface area contributed by atoms with E-state index < -0.39 is 0 Å². The zero-order valence-corrected chi connectivity index (χ0v) is 5.94. The number of fused-ring (bicyclic) bond motifs is 1. The van der Waals surface area contributed by atoms with Gasteiger partial charge in [0, 0.05) is 6.42 Å². The van der Waals surface area contributed by atoms with Crippen molar-refractivity contribution in [3.8, 4) is 0 Å². The SMILES string of the molecule is C1=C\C=C2\N=NN=C2C\C=C/1. The molecule has 0 saturated heterocycles. The van der Waals surface area contributed by atoms with Crippen molar-refractivity contribution in [2.24, 2.45) is 15.4 Å². The zero-order chi connectivity index (χ0) is 7.52. The van der Waals surface area contributed by atoms with Crippen molar-refractivity contribution in [2.75, 3.05) is 0 Å². The number of nitrogens with zero attached hydrogens (tertiary/aromatic N) is 3. The fraction of sp³-hybridized carbons (Fsp3) is 0.125. The first-order valence-electron chi connectivity index (χ1n) is 3.48.